The Balaban J connectivity index is 2.00. The second-order valence-electron chi connectivity index (χ2n) is 7.79. The average Bonchev–Trinajstić information content (AvgIpc) is 3.17. The monoisotopic (exact) mass is 409 g/mol. The number of nitrogens with zero attached hydrogens (tertiary/aromatic N) is 2. The van der Waals surface area contributed by atoms with Gasteiger partial charge < -0.3 is 19.5 Å². The first-order chi connectivity index (χ1) is 14.3. The van der Waals surface area contributed by atoms with Crippen molar-refractivity contribution in [2.75, 3.05) is 26.6 Å². The summed E-state index contributed by atoms with van der Waals surface area (Å²) in [4.78, 5) is 13.0. The molecule has 1 amide bonds. The Hall–Kier alpha value is -3.48. The summed E-state index contributed by atoms with van der Waals surface area (Å²) in [5.41, 5.74) is 1.88. The van der Waals surface area contributed by atoms with Gasteiger partial charge in [-0.15, -0.1) is 0 Å². The molecular weight excluding hydrogens is 382 g/mol. The maximum absolute atomic E-state index is 13.0. The lowest BCUT2D eigenvalue weighted by atomic mass is 9.92. The van der Waals surface area contributed by atoms with Crippen LogP contribution in [0.1, 0.15) is 36.8 Å². The van der Waals surface area contributed by atoms with Crippen LogP contribution < -0.4 is 19.5 Å². The summed E-state index contributed by atoms with van der Waals surface area (Å²) in [6, 6.07) is 14.4. The molecule has 3 aromatic rings. The molecule has 0 saturated carbocycles. The summed E-state index contributed by atoms with van der Waals surface area (Å²) in [5, 5.41) is 7.70. The molecule has 30 heavy (non-hydrogen) atoms. The van der Waals surface area contributed by atoms with E-state index in [0.717, 1.165) is 17.1 Å². The predicted octanol–water partition coefficient (Wildman–Crippen LogP) is 4.45. The van der Waals surface area contributed by atoms with Crippen LogP contribution in [-0.2, 0) is 5.41 Å². The fraction of sp³-hybridized carbons (Fsp3) is 0.304. The van der Waals surface area contributed by atoms with Gasteiger partial charge in [0.05, 0.1) is 38.3 Å². The first kappa shape index (κ1) is 21.2. The maximum atomic E-state index is 13.0. The molecule has 0 aliphatic heterocycles. The minimum absolute atomic E-state index is 0.186. The van der Waals surface area contributed by atoms with E-state index in [4.69, 9.17) is 19.3 Å². The van der Waals surface area contributed by atoms with Crippen LogP contribution in [0, 0.1) is 0 Å². The smallest absolute Gasteiger partial charge is 0.260 e. The van der Waals surface area contributed by atoms with Gasteiger partial charge in [0.2, 0.25) is 0 Å². The minimum atomic E-state index is -0.301. The van der Waals surface area contributed by atoms with E-state index in [1.54, 1.807) is 37.1 Å². The zero-order valence-electron chi connectivity index (χ0n) is 18.1. The van der Waals surface area contributed by atoms with Crippen molar-refractivity contribution in [3.05, 3.63) is 59.8 Å². The highest BCUT2D eigenvalue weighted by Crippen LogP contribution is 2.29. The van der Waals surface area contributed by atoms with E-state index in [1.165, 1.54) is 7.11 Å². The summed E-state index contributed by atoms with van der Waals surface area (Å²) >= 11 is 0. The van der Waals surface area contributed by atoms with Crippen LogP contribution in [0.25, 0.3) is 5.69 Å². The van der Waals surface area contributed by atoms with Gasteiger partial charge in [0.1, 0.15) is 23.1 Å². The van der Waals surface area contributed by atoms with E-state index in [1.807, 2.05) is 30.3 Å². The van der Waals surface area contributed by atoms with Crippen molar-refractivity contribution >= 4 is 11.7 Å². The molecule has 0 unspecified atom stereocenters. The summed E-state index contributed by atoms with van der Waals surface area (Å²) in [5.74, 6) is 2.05. The third kappa shape index (κ3) is 4.40. The number of hydrogen-bond acceptors (Lipinski definition) is 5. The van der Waals surface area contributed by atoms with E-state index in [-0.39, 0.29) is 11.3 Å². The van der Waals surface area contributed by atoms with E-state index in [0.29, 0.717) is 22.9 Å². The van der Waals surface area contributed by atoms with Crippen LogP contribution in [0.15, 0.2) is 48.5 Å². The van der Waals surface area contributed by atoms with Gasteiger partial charge in [-0.25, -0.2) is 4.68 Å². The van der Waals surface area contributed by atoms with Gasteiger partial charge in [0.25, 0.3) is 5.91 Å². The van der Waals surface area contributed by atoms with Crippen LogP contribution in [0.3, 0.4) is 0 Å². The van der Waals surface area contributed by atoms with Crippen LogP contribution in [0.4, 0.5) is 5.82 Å². The van der Waals surface area contributed by atoms with Gasteiger partial charge in [-0.05, 0) is 36.4 Å². The number of hydrogen-bond donors (Lipinski definition) is 1. The van der Waals surface area contributed by atoms with Gasteiger partial charge in [-0.3, -0.25) is 4.79 Å². The van der Waals surface area contributed by atoms with E-state index in [9.17, 15) is 4.79 Å². The minimum Gasteiger partial charge on any atom is -0.497 e. The van der Waals surface area contributed by atoms with E-state index < -0.39 is 0 Å². The van der Waals surface area contributed by atoms with Crippen molar-refractivity contribution < 1.29 is 19.0 Å². The summed E-state index contributed by atoms with van der Waals surface area (Å²) < 4.78 is 17.5. The summed E-state index contributed by atoms with van der Waals surface area (Å²) in [7, 11) is 4.70. The van der Waals surface area contributed by atoms with E-state index >= 15 is 0 Å². The molecule has 0 fully saturated rings. The normalized spacial score (nSPS) is 11.1. The summed E-state index contributed by atoms with van der Waals surface area (Å²) in [6.07, 6.45) is 0. The molecule has 7 heteroatoms. The van der Waals surface area contributed by atoms with Crippen molar-refractivity contribution in [3.8, 4) is 22.9 Å². The molecular formula is C23H27N3O4. The highest BCUT2D eigenvalue weighted by atomic mass is 16.5. The number of carbonyl (C=O) groups is 1. The molecule has 0 spiro atoms. The van der Waals surface area contributed by atoms with Crippen LogP contribution in [-0.4, -0.2) is 37.0 Å². The van der Waals surface area contributed by atoms with Gasteiger partial charge in [-0.2, -0.15) is 5.10 Å². The third-order valence-corrected chi connectivity index (χ3v) is 4.69. The number of rotatable bonds is 6. The number of ether oxygens (including phenoxy) is 3. The molecule has 1 N–H and O–H groups in total. The standard InChI is InChI=1S/C23H27N3O4/c1-23(2,3)20-14-21(26(25-20)15-7-9-16(28-4)10-8-15)24-22(27)18-12-11-17(29-5)13-19(18)30-6/h7-14H,1-6H3,(H,24,27). The highest BCUT2D eigenvalue weighted by Gasteiger charge is 2.23. The number of anilines is 1. The molecule has 1 aromatic heterocycles. The third-order valence-electron chi connectivity index (χ3n) is 4.69. The Morgan fingerprint density at radius 3 is 2.10 bits per heavy atom. The number of amides is 1. The molecule has 3 rings (SSSR count). The second kappa shape index (κ2) is 8.49. The Kier molecular flexibility index (Phi) is 6.01. The fourth-order valence-corrected chi connectivity index (χ4v) is 2.93. The van der Waals surface area contributed by atoms with Gasteiger partial charge >= 0.3 is 0 Å². The molecule has 158 valence electrons. The number of benzene rings is 2. The first-order valence-corrected chi connectivity index (χ1v) is 9.55. The Morgan fingerprint density at radius 2 is 1.53 bits per heavy atom. The number of aromatic nitrogens is 2. The quantitative estimate of drug-likeness (QED) is 0.651. The van der Waals surface area contributed by atoms with Crippen LogP contribution in [0.2, 0.25) is 0 Å². The SMILES string of the molecule is COc1ccc(-n2nc(C(C)(C)C)cc2NC(=O)c2ccc(OC)cc2OC)cc1. The van der Waals surface area contributed by atoms with Crippen molar-refractivity contribution in [1.29, 1.82) is 0 Å². The average molecular weight is 409 g/mol. The van der Waals surface area contributed by atoms with Crippen molar-refractivity contribution in [3.63, 3.8) is 0 Å². The van der Waals surface area contributed by atoms with Gasteiger partial charge in [-0.1, -0.05) is 20.8 Å². The van der Waals surface area contributed by atoms with Crippen molar-refractivity contribution in [1.82, 2.24) is 9.78 Å². The number of methoxy groups -OCH3 is 3. The zero-order valence-corrected chi connectivity index (χ0v) is 18.1. The molecule has 0 aliphatic carbocycles. The Labute approximate surface area is 176 Å². The molecule has 0 atom stereocenters. The van der Waals surface area contributed by atoms with Crippen molar-refractivity contribution in [2.45, 2.75) is 26.2 Å². The summed E-state index contributed by atoms with van der Waals surface area (Å²) in [6.45, 7) is 6.23. The lowest BCUT2D eigenvalue weighted by Crippen LogP contribution is -2.16. The Bertz CT molecular complexity index is 1030. The number of carbonyl (C=O) groups excluding carboxylic acids is 1. The Morgan fingerprint density at radius 1 is 0.900 bits per heavy atom. The highest BCUT2D eigenvalue weighted by molar-refractivity contribution is 6.06. The first-order valence-electron chi connectivity index (χ1n) is 9.55. The predicted molar refractivity (Wildman–Crippen MR) is 116 cm³/mol. The lowest BCUT2D eigenvalue weighted by Gasteiger charge is -2.14. The van der Waals surface area contributed by atoms with Crippen LogP contribution >= 0.6 is 0 Å². The van der Waals surface area contributed by atoms with Crippen molar-refractivity contribution in [2.24, 2.45) is 0 Å². The molecule has 1 heterocycles. The molecule has 0 saturated heterocycles. The molecule has 7 nitrogen and oxygen atoms in total. The molecule has 0 radical (unpaired) electrons. The molecule has 2 aromatic carbocycles. The molecule has 0 aliphatic rings. The van der Waals surface area contributed by atoms with Crippen LogP contribution in [0.5, 0.6) is 17.2 Å². The zero-order chi connectivity index (χ0) is 21.9. The van der Waals surface area contributed by atoms with Gasteiger partial charge in [0, 0.05) is 17.5 Å². The van der Waals surface area contributed by atoms with Gasteiger partial charge in [0.15, 0.2) is 0 Å². The maximum Gasteiger partial charge on any atom is 0.260 e. The molecule has 0 bridgehead atoms. The largest absolute Gasteiger partial charge is 0.497 e. The fourth-order valence-electron chi connectivity index (χ4n) is 2.93. The lowest BCUT2D eigenvalue weighted by molar-refractivity contribution is 0.102. The topological polar surface area (TPSA) is 74.6 Å². The second-order valence-corrected chi connectivity index (χ2v) is 7.79. The van der Waals surface area contributed by atoms with E-state index in [2.05, 4.69) is 26.1 Å². The number of nitrogens with one attached hydrogen (secondary N) is 1.